The number of hydrogen-bond donors (Lipinski definition) is 3. The van der Waals surface area contributed by atoms with Gasteiger partial charge in [0.2, 0.25) is 0 Å². The third-order valence-corrected chi connectivity index (χ3v) is 5.27. The number of anilines is 2. The van der Waals surface area contributed by atoms with E-state index in [1.54, 1.807) is 19.2 Å². The molecule has 1 aliphatic rings. The minimum Gasteiger partial charge on any atom is -0.506 e. The smallest absolute Gasteiger partial charge is 0.279 e. The lowest BCUT2D eigenvalue weighted by Crippen LogP contribution is -3.15. The molecule has 144 valence electrons. The highest BCUT2D eigenvalue weighted by Gasteiger charge is 2.24. The van der Waals surface area contributed by atoms with Crippen LogP contribution in [0.5, 0.6) is 11.5 Å². The Kier molecular flexibility index (Phi) is 6.08. The number of para-hydroxylation sites is 2. The summed E-state index contributed by atoms with van der Waals surface area (Å²) < 4.78 is 5.31. The van der Waals surface area contributed by atoms with E-state index in [1.165, 1.54) is 4.90 Å². The van der Waals surface area contributed by atoms with Gasteiger partial charge in [0, 0.05) is 11.1 Å². The lowest BCUT2D eigenvalue weighted by Gasteiger charge is -2.33. The van der Waals surface area contributed by atoms with Gasteiger partial charge in [-0.25, -0.2) is 0 Å². The van der Waals surface area contributed by atoms with Gasteiger partial charge in [0.05, 0.1) is 44.7 Å². The molecule has 6 nitrogen and oxygen atoms in total. The molecule has 0 aliphatic carbocycles. The van der Waals surface area contributed by atoms with Crippen molar-refractivity contribution >= 4 is 28.9 Å². The van der Waals surface area contributed by atoms with Crippen molar-refractivity contribution in [2.24, 2.45) is 0 Å². The van der Waals surface area contributed by atoms with Crippen molar-refractivity contribution in [2.75, 3.05) is 50.1 Å². The molecule has 0 atom stereocenters. The fourth-order valence-corrected chi connectivity index (χ4v) is 3.48. The first-order chi connectivity index (χ1) is 13.0. The Balaban J connectivity index is 1.56. The quantitative estimate of drug-likeness (QED) is 0.727. The number of amides is 1. The number of quaternary nitrogens is 1. The molecule has 0 radical (unpaired) electrons. The number of halogens is 1. The van der Waals surface area contributed by atoms with Gasteiger partial charge in [0.15, 0.2) is 6.54 Å². The van der Waals surface area contributed by atoms with Crippen LogP contribution in [0.4, 0.5) is 11.4 Å². The molecule has 3 rings (SSSR count). The lowest BCUT2D eigenvalue weighted by molar-refractivity contribution is -0.892. The topological polar surface area (TPSA) is 66.2 Å². The second kappa shape index (κ2) is 8.50. The highest BCUT2D eigenvalue weighted by atomic mass is 35.5. The van der Waals surface area contributed by atoms with Crippen LogP contribution in [0.15, 0.2) is 36.4 Å². The van der Waals surface area contributed by atoms with E-state index in [1.807, 2.05) is 31.2 Å². The van der Waals surface area contributed by atoms with E-state index in [4.69, 9.17) is 16.3 Å². The van der Waals surface area contributed by atoms with Crippen molar-refractivity contribution in [1.82, 2.24) is 0 Å². The van der Waals surface area contributed by atoms with E-state index in [0.717, 1.165) is 37.4 Å². The fourth-order valence-electron chi connectivity index (χ4n) is 3.32. The fraction of sp³-hybridized carbons (Fsp3) is 0.350. The van der Waals surface area contributed by atoms with E-state index < -0.39 is 0 Å². The van der Waals surface area contributed by atoms with Gasteiger partial charge in [-0.15, -0.1) is 0 Å². The second-order valence-corrected chi connectivity index (χ2v) is 7.16. The van der Waals surface area contributed by atoms with Crippen molar-refractivity contribution in [3.05, 3.63) is 47.0 Å². The summed E-state index contributed by atoms with van der Waals surface area (Å²) in [5, 5.41) is 13.5. The zero-order chi connectivity index (χ0) is 19.4. The summed E-state index contributed by atoms with van der Waals surface area (Å²) in [5.41, 5.74) is 2.37. The molecule has 7 heteroatoms. The molecule has 0 aromatic heterocycles. The average molecular weight is 391 g/mol. The number of aryl methyl sites for hydroxylation is 1. The number of phenolic OH excluding ortho intramolecular Hbond substituents is 1. The number of aromatic hydroxyl groups is 1. The summed E-state index contributed by atoms with van der Waals surface area (Å²) in [6.07, 6.45) is 0. The van der Waals surface area contributed by atoms with Crippen LogP contribution < -0.4 is 19.9 Å². The van der Waals surface area contributed by atoms with Gasteiger partial charge in [-0.3, -0.25) is 4.79 Å². The predicted molar refractivity (Wildman–Crippen MR) is 107 cm³/mol. The number of nitrogens with one attached hydrogen (secondary N) is 2. The van der Waals surface area contributed by atoms with Gasteiger partial charge in [-0.2, -0.15) is 0 Å². The van der Waals surface area contributed by atoms with Crippen molar-refractivity contribution in [2.45, 2.75) is 6.92 Å². The van der Waals surface area contributed by atoms with Gasteiger partial charge >= 0.3 is 0 Å². The van der Waals surface area contributed by atoms with Crippen LogP contribution in [0.25, 0.3) is 0 Å². The highest BCUT2D eigenvalue weighted by Crippen LogP contribution is 2.30. The van der Waals surface area contributed by atoms with Crippen molar-refractivity contribution in [1.29, 1.82) is 0 Å². The summed E-state index contributed by atoms with van der Waals surface area (Å²) in [5.74, 6) is 0.795. The Bertz CT molecular complexity index is 820. The maximum Gasteiger partial charge on any atom is 0.279 e. The molecule has 0 saturated carbocycles. The zero-order valence-electron chi connectivity index (χ0n) is 15.6. The van der Waals surface area contributed by atoms with Gasteiger partial charge in [0.25, 0.3) is 5.91 Å². The number of rotatable bonds is 5. The van der Waals surface area contributed by atoms with Crippen LogP contribution in [0, 0.1) is 6.92 Å². The third kappa shape index (κ3) is 4.64. The summed E-state index contributed by atoms with van der Waals surface area (Å²) in [4.78, 5) is 15.8. The number of piperazine rings is 1. The molecule has 1 heterocycles. The van der Waals surface area contributed by atoms with Gasteiger partial charge in [0.1, 0.15) is 11.5 Å². The molecule has 1 aliphatic heterocycles. The number of nitrogens with zero attached hydrogens (tertiary/aromatic N) is 1. The Hall–Kier alpha value is -2.44. The number of methoxy groups -OCH3 is 1. The zero-order valence-corrected chi connectivity index (χ0v) is 16.3. The van der Waals surface area contributed by atoms with Crippen molar-refractivity contribution in [3.8, 4) is 11.5 Å². The first-order valence-electron chi connectivity index (χ1n) is 8.98. The minimum absolute atomic E-state index is 0.0546. The Morgan fingerprint density at radius 2 is 2.00 bits per heavy atom. The van der Waals surface area contributed by atoms with Gasteiger partial charge < -0.3 is 25.0 Å². The number of hydrogen-bond acceptors (Lipinski definition) is 4. The van der Waals surface area contributed by atoms with E-state index >= 15 is 0 Å². The predicted octanol–water partition coefficient (Wildman–Crippen LogP) is 1.71. The maximum atomic E-state index is 12.5. The van der Waals surface area contributed by atoms with Crippen LogP contribution in [0.1, 0.15) is 5.56 Å². The summed E-state index contributed by atoms with van der Waals surface area (Å²) in [7, 11) is 1.56. The van der Waals surface area contributed by atoms with Crippen LogP contribution in [-0.2, 0) is 4.79 Å². The molecule has 27 heavy (non-hydrogen) atoms. The second-order valence-electron chi connectivity index (χ2n) is 6.75. The Labute approximate surface area is 164 Å². The largest absolute Gasteiger partial charge is 0.506 e. The summed E-state index contributed by atoms with van der Waals surface area (Å²) in [6.45, 7) is 5.53. The minimum atomic E-state index is -0.0546. The number of benzene rings is 2. The number of ether oxygens (including phenoxy) is 1. The van der Waals surface area contributed by atoms with Gasteiger partial charge in [-0.1, -0.05) is 23.7 Å². The molecular weight excluding hydrogens is 366 g/mol. The molecule has 1 saturated heterocycles. The normalized spacial score (nSPS) is 14.9. The molecule has 1 amide bonds. The molecule has 2 aromatic rings. The molecule has 0 bridgehead atoms. The molecule has 0 spiro atoms. The molecule has 1 fully saturated rings. The van der Waals surface area contributed by atoms with E-state index in [9.17, 15) is 9.90 Å². The van der Waals surface area contributed by atoms with Crippen LogP contribution in [0.3, 0.4) is 0 Å². The maximum absolute atomic E-state index is 12.5. The first-order valence-corrected chi connectivity index (χ1v) is 9.36. The standard InChI is InChI=1S/C20H24ClN3O3/c1-14-11-16(19(27-2)12-15(14)21)22-20(26)13-23-7-9-24(10-8-23)17-5-3-4-6-18(17)25/h3-6,11-12,25H,7-10,13H2,1-2H3,(H,22,26)/p+1. The van der Waals surface area contributed by atoms with E-state index in [2.05, 4.69) is 10.2 Å². The van der Waals surface area contributed by atoms with Crippen molar-refractivity contribution < 1.29 is 19.5 Å². The lowest BCUT2D eigenvalue weighted by atomic mass is 10.2. The van der Waals surface area contributed by atoms with E-state index in [0.29, 0.717) is 28.8 Å². The summed E-state index contributed by atoms with van der Waals surface area (Å²) in [6, 6.07) is 10.9. The molecular formula is C20H25ClN3O3+. The van der Waals surface area contributed by atoms with E-state index in [-0.39, 0.29) is 5.91 Å². The van der Waals surface area contributed by atoms with Crippen LogP contribution >= 0.6 is 11.6 Å². The molecule has 0 unspecified atom stereocenters. The number of carbonyl (C=O) groups is 1. The SMILES string of the molecule is COc1cc(Cl)c(C)cc1NC(=O)C[NH+]1CCN(c2ccccc2O)CC1. The van der Waals surface area contributed by atoms with Gasteiger partial charge in [-0.05, 0) is 30.7 Å². The average Bonchev–Trinajstić information content (AvgIpc) is 2.65. The molecule has 2 aromatic carbocycles. The Morgan fingerprint density at radius 1 is 1.30 bits per heavy atom. The van der Waals surface area contributed by atoms with Crippen LogP contribution in [0.2, 0.25) is 5.02 Å². The van der Waals surface area contributed by atoms with Crippen LogP contribution in [-0.4, -0.2) is 50.8 Å². The first kappa shape index (κ1) is 19.3. The number of phenols is 1. The number of carbonyl (C=O) groups excluding carboxylic acids is 1. The Morgan fingerprint density at radius 3 is 2.67 bits per heavy atom. The monoisotopic (exact) mass is 390 g/mol. The van der Waals surface area contributed by atoms with Crippen molar-refractivity contribution in [3.63, 3.8) is 0 Å². The summed E-state index contributed by atoms with van der Waals surface area (Å²) >= 11 is 6.11. The molecule has 3 N–H and O–H groups in total. The third-order valence-electron chi connectivity index (χ3n) is 4.86. The highest BCUT2D eigenvalue weighted by molar-refractivity contribution is 6.31.